The van der Waals surface area contributed by atoms with Gasteiger partial charge in [-0.1, -0.05) is 61.5 Å². The first-order valence-corrected chi connectivity index (χ1v) is 11.2. The third kappa shape index (κ3) is 5.08. The molecule has 7 nitrogen and oxygen atoms in total. The Morgan fingerprint density at radius 1 is 1.06 bits per heavy atom. The van der Waals surface area contributed by atoms with Crippen LogP contribution in [0.25, 0.3) is 11.1 Å². The monoisotopic (exact) mass is 448 g/mol. The fourth-order valence-electron chi connectivity index (χ4n) is 4.76. The zero-order chi connectivity index (χ0) is 23.4. The second kappa shape index (κ2) is 9.90. The summed E-state index contributed by atoms with van der Waals surface area (Å²) in [4.78, 5) is 37.1. The van der Waals surface area contributed by atoms with Crippen LogP contribution in [0, 0.1) is 11.8 Å². The molecule has 1 aliphatic heterocycles. The molecule has 2 amide bonds. The molecule has 4 rings (SSSR count). The van der Waals surface area contributed by atoms with E-state index >= 15 is 0 Å². The number of hydrogen-bond acceptors (Lipinski definition) is 4. The fraction of sp³-hybridized carbons (Fsp3) is 0.346. The van der Waals surface area contributed by atoms with Crippen LogP contribution in [-0.2, 0) is 14.3 Å². The van der Waals surface area contributed by atoms with Gasteiger partial charge in [0.2, 0.25) is 5.91 Å². The number of carbonyl (C=O) groups is 3. The molecule has 33 heavy (non-hydrogen) atoms. The van der Waals surface area contributed by atoms with Crippen LogP contribution < -0.4 is 5.32 Å². The molecule has 2 N–H and O–H groups in total. The molecule has 0 spiro atoms. The number of carbonyl (C=O) groups excluding carboxylic acids is 2. The number of aliphatic carboxylic acids is 1. The summed E-state index contributed by atoms with van der Waals surface area (Å²) in [5.41, 5.74) is 4.65. The predicted octanol–water partition coefficient (Wildman–Crippen LogP) is 3.65. The SMILES string of the molecule is CC1CN(C(=O)/C=C/CNC(=O)OCC2c3ccccc3-c3ccccc32)CC1CC(=O)O. The molecule has 0 bridgehead atoms. The minimum atomic E-state index is -0.844. The molecule has 2 aliphatic rings. The number of rotatable bonds is 7. The van der Waals surface area contributed by atoms with E-state index in [-0.39, 0.29) is 43.2 Å². The second-order valence-corrected chi connectivity index (χ2v) is 8.69. The normalized spacial score (nSPS) is 19.4. The number of amides is 2. The Bertz CT molecular complexity index is 1030. The molecular formula is C26H28N2O5. The molecule has 2 aromatic carbocycles. The van der Waals surface area contributed by atoms with Crippen LogP contribution in [-0.4, -0.2) is 54.2 Å². The van der Waals surface area contributed by atoms with Gasteiger partial charge in [0, 0.05) is 31.6 Å². The van der Waals surface area contributed by atoms with E-state index in [2.05, 4.69) is 29.6 Å². The third-order valence-electron chi connectivity index (χ3n) is 6.48. The van der Waals surface area contributed by atoms with Gasteiger partial charge in [-0.25, -0.2) is 4.79 Å². The summed E-state index contributed by atoms with van der Waals surface area (Å²) in [7, 11) is 0. The van der Waals surface area contributed by atoms with Crippen molar-refractivity contribution in [1.29, 1.82) is 0 Å². The fourth-order valence-corrected chi connectivity index (χ4v) is 4.76. The van der Waals surface area contributed by atoms with E-state index in [1.807, 2.05) is 31.2 Å². The highest BCUT2D eigenvalue weighted by molar-refractivity contribution is 5.88. The third-order valence-corrected chi connectivity index (χ3v) is 6.48. The number of nitrogens with one attached hydrogen (secondary N) is 1. The largest absolute Gasteiger partial charge is 0.481 e. The van der Waals surface area contributed by atoms with Crippen molar-refractivity contribution in [2.24, 2.45) is 11.8 Å². The molecule has 1 aliphatic carbocycles. The van der Waals surface area contributed by atoms with Crippen molar-refractivity contribution in [2.75, 3.05) is 26.2 Å². The molecule has 1 saturated heterocycles. The van der Waals surface area contributed by atoms with Crippen LogP contribution >= 0.6 is 0 Å². The number of alkyl carbamates (subject to hydrolysis) is 1. The number of ether oxygens (including phenoxy) is 1. The summed E-state index contributed by atoms with van der Waals surface area (Å²) < 4.78 is 5.48. The van der Waals surface area contributed by atoms with Crippen LogP contribution in [0.4, 0.5) is 4.79 Å². The molecule has 2 aromatic rings. The van der Waals surface area contributed by atoms with Crippen molar-refractivity contribution < 1.29 is 24.2 Å². The van der Waals surface area contributed by atoms with Crippen molar-refractivity contribution in [1.82, 2.24) is 10.2 Å². The number of fused-ring (bicyclic) bond motifs is 3. The van der Waals surface area contributed by atoms with Crippen molar-refractivity contribution in [3.05, 3.63) is 71.8 Å². The van der Waals surface area contributed by atoms with E-state index in [9.17, 15) is 14.4 Å². The summed E-state index contributed by atoms with van der Waals surface area (Å²) >= 11 is 0. The molecule has 0 radical (unpaired) electrons. The number of likely N-dealkylation sites (tertiary alicyclic amines) is 1. The number of carboxylic acid groups (broad SMARTS) is 1. The lowest BCUT2D eigenvalue weighted by atomic mass is 9.95. The van der Waals surface area contributed by atoms with Gasteiger partial charge in [-0.15, -0.1) is 0 Å². The summed E-state index contributed by atoms with van der Waals surface area (Å²) in [6.07, 6.45) is 2.53. The van der Waals surface area contributed by atoms with E-state index in [1.165, 1.54) is 17.2 Å². The van der Waals surface area contributed by atoms with Crippen molar-refractivity contribution in [3.8, 4) is 11.1 Å². The molecule has 7 heteroatoms. The van der Waals surface area contributed by atoms with E-state index in [4.69, 9.17) is 9.84 Å². The van der Waals surface area contributed by atoms with Gasteiger partial charge in [0.15, 0.2) is 0 Å². The zero-order valence-electron chi connectivity index (χ0n) is 18.6. The van der Waals surface area contributed by atoms with Gasteiger partial charge in [-0.05, 0) is 34.1 Å². The molecule has 2 atom stereocenters. The quantitative estimate of drug-likeness (QED) is 0.631. The highest BCUT2D eigenvalue weighted by Crippen LogP contribution is 2.44. The number of nitrogens with zero attached hydrogens (tertiary/aromatic N) is 1. The van der Waals surface area contributed by atoms with Gasteiger partial charge in [-0.3, -0.25) is 9.59 Å². The summed E-state index contributed by atoms with van der Waals surface area (Å²) in [6, 6.07) is 16.3. The first-order chi connectivity index (χ1) is 15.9. The highest BCUT2D eigenvalue weighted by atomic mass is 16.5. The Kier molecular flexibility index (Phi) is 6.77. The Morgan fingerprint density at radius 3 is 2.33 bits per heavy atom. The van der Waals surface area contributed by atoms with Crippen LogP contribution in [0.5, 0.6) is 0 Å². The predicted molar refractivity (Wildman–Crippen MR) is 124 cm³/mol. The molecular weight excluding hydrogens is 420 g/mol. The maximum absolute atomic E-state index is 12.3. The Hall–Kier alpha value is -3.61. The first-order valence-electron chi connectivity index (χ1n) is 11.2. The molecule has 172 valence electrons. The van der Waals surface area contributed by atoms with Crippen LogP contribution in [0.3, 0.4) is 0 Å². The van der Waals surface area contributed by atoms with Crippen LogP contribution in [0.2, 0.25) is 0 Å². The minimum Gasteiger partial charge on any atom is -0.481 e. The van der Waals surface area contributed by atoms with Gasteiger partial charge >= 0.3 is 12.1 Å². The molecule has 2 unspecified atom stereocenters. The van der Waals surface area contributed by atoms with Crippen molar-refractivity contribution in [3.63, 3.8) is 0 Å². The van der Waals surface area contributed by atoms with Crippen molar-refractivity contribution in [2.45, 2.75) is 19.3 Å². The van der Waals surface area contributed by atoms with Gasteiger partial charge in [0.25, 0.3) is 0 Å². The Morgan fingerprint density at radius 2 is 1.70 bits per heavy atom. The lowest BCUT2D eigenvalue weighted by molar-refractivity contribution is -0.138. The average Bonchev–Trinajstić information content (AvgIpc) is 3.32. The second-order valence-electron chi connectivity index (χ2n) is 8.69. The van der Waals surface area contributed by atoms with Gasteiger partial charge in [-0.2, -0.15) is 0 Å². The standard InChI is InChI=1S/C26H28N2O5/c1-17-14-28(15-18(17)13-25(30)31)24(29)11-6-12-27-26(32)33-16-23-21-9-4-2-7-19(21)20-8-3-5-10-22(20)23/h2-11,17-18,23H,12-16H2,1H3,(H,27,32)(H,30,31)/b11-6+. The molecule has 1 heterocycles. The maximum Gasteiger partial charge on any atom is 0.407 e. The van der Waals surface area contributed by atoms with E-state index in [0.29, 0.717) is 13.1 Å². The summed E-state index contributed by atoms with van der Waals surface area (Å²) in [6.45, 7) is 3.35. The Labute approximate surface area is 193 Å². The number of hydrogen-bond donors (Lipinski definition) is 2. The summed E-state index contributed by atoms with van der Waals surface area (Å²) in [5, 5.41) is 11.6. The van der Waals surface area contributed by atoms with E-state index < -0.39 is 12.1 Å². The minimum absolute atomic E-state index is 0.00354. The lowest BCUT2D eigenvalue weighted by Gasteiger charge is -2.14. The van der Waals surface area contributed by atoms with Crippen LogP contribution in [0.1, 0.15) is 30.4 Å². The average molecular weight is 449 g/mol. The molecule has 0 aromatic heterocycles. The Balaban J connectivity index is 1.24. The first kappa shape index (κ1) is 22.6. The smallest absolute Gasteiger partial charge is 0.407 e. The summed E-state index contributed by atoms with van der Waals surface area (Å²) in [5.74, 6) is -0.902. The van der Waals surface area contributed by atoms with E-state index in [0.717, 1.165) is 11.1 Å². The van der Waals surface area contributed by atoms with Crippen LogP contribution in [0.15, 0.2) is 60.7 Å². The lowest BCUT2D eigenvalue weighted by Crippen LogP contribution is -2.28. The van der Waals surface area contributed by atoms with Gasteiger partial charge < -0.3 is 20.1 Å². The van der Waals surface area contributed by atoms with Gasteiger partial charge in [0.1, 0.15) is 6.61 Å². The number of carboxylic acids is 1. The van der Waals surface area contributed by atoms with Gasteiger partial charge in [0.05, 0.1) is 6.42 Å². The van der Waals surface area contributed by atoms with E-state index in [1.54, 1.807) is 11.0 Å². The zero-order valence-corrected chi connectivity index (χ0v) is 18.6. The van der Waals surface area contributed by atoms with Crippen molar-refractivity contribution >= 4 is 18.0 Å². The maximum atomic E-state index is 12.3. The molecule has 0 saturated carbocycles. The molecule has 1 fully saturated rings. The highest BCUT2D eigenvalue weighted by Gasteiger charge is 2.33. The number of benzene rings is 2. The topological polar surface area (TPSA) is 95.9 Å².